The van der Waals surface area contributed by atoms with Gasteiger partial charge in [-0.1, -0.05) is 13.8 Å². The number of ether oxygens (including phenoxy) is 1. The van der Waals surface area contributed by atoms with Crippen molar-refractivity contribution >= 4 is 27.5 Å². The lowest BCUT2D eigenvalue weighted by molar-refractivity contribution is -0.118. The van der Waals surface area contributed by atoms with Crippen LogP contribution in [0.3, 0.4) is 0 Å². The number of anilines is 1. The van der Waals surface area contributed by atoms with Crippen LogP contribution in [0, 0.1) is 11.7 Å². The van der Waals surface area contributed by atoms with Gasteiger partial charge in [0.25, 0.3) is 5.91 Å². The maximum atomic E-state index is 13.2. The van der Waals surface area contributed by atoms with Gasteiger partial charge in [-0.25, -0.2) is 17.5 Å². The lowest BCUT2D eigenvalue weighted by Crippen LogP contribution is -2.46. The molecule has 0 saturated heterocycles. The zero-order valence-electron chi connectivity index (χ0n) is 20.4. The van der Waals surface area contributed by atoms with Crippen LogP contribution in [-0.4, -0.2) is 50.6 Å². The van der Waals surface area contributed by atoms with Gasteiger partial charge in [0.05, 0.1) is 19.3 Å². The molecule has 2 amide bonds. The summed E-state index contributed by atoms with van der Waals surface area (Å²) >= 11 is 0. The first-order chi connectivity index (χ1) is 16.3. The van der Waals surface area contributed by atoms with Crippen molar-refractivity contribution in [3.63, 3.8) is 0 Å². The van der Waals surface area contributed by atoms with Crippen LogP contribution in [0.1, 0.15) is 44.5 Å². The molecule has 0 unspecified atom stereocenters. The Kier molecular flexibility index (Phi) is 9.36. The Hall–Kier alpha value is -3.02. The van der Waals surface area contributed by atoms with E-state index in [0.717, 1.165) is 12.1 Å². The van der Waals surface area contributed by atoms with E-state index in [-0.39, 0.29) is 27.8 Å². The average molecular weight is 510 g/mol. The topological polar surface area (TPSA) is 134 Å². The van der Waals surface area contributed by atoms with Gasteiger partial charge in [-0.3, -0.25) is 9.59 Å². The number of hydrogen-bond donors (Lipinski definition) is 4. The molecule has 2 aromatic carbocycles. The van der Waals surface area contributed by atoms with Gasteiger partial charge in [0, 0.05) is 17.3 Å². The lowest BCUT2D eigenvalue weighted by atomic mass is 10.0. The van der Waals surface area contributed by atoms with Gasteiger partial charge in [-0.2, -0.15) is 0 Å². The molecule has 0 spiro atoms. The molecule has 0 radical (unpaired) electrons. The summed E-state index contributed by atoms with van der Waals surface area (Å²) in [6.45, 7) is 6.44. The second kappa shape index (κ2) is 11.6. The Bertz CT molecular complexity index is 1150. The maximum Gasteiger partial charge on any atom is 0.251 e. The van der Waals surface area contributed by atoms with Gasteiger partial charge in [0.2, 0.25) is 15.9 Å². The highest BCUT2D eigenvalue weighted by Crippen LogP contribution is 2.28. The van der Waals surface area contributed by atoms with E-state index in [0.29, 0.717) is 6.42 Å². The number of rotatable bonds is 11. The molecule has 1 atom stereocenters. The summed E-state index contributed by atoms with van der Waals surface area (Å²) < 4.78 is 46.3. The van der Waals surface area contributed by atoms with Gasteiger partial charge in [0.1, 0.15) is 22.5 Å². The van der Waals surface area contributed by atoms with Crippen molar-refractivity contribution in [2.45, 2.75) is 50.6 Å². The fourth-order valence-electron chi connectivity index (χ4n) is 3.19. The predicted molar refractivity (Wildman–Crippen MR) is 130 cm³/mol. The molecule has 9 nitrogen and oxygen atoms in total. The van der Waals surface area contributed by atoms with E-state index in [4.69, 9.17) is 4.74 Å². The first-order valence-corrected chi connectivity index (χ1v) is 12.5. The molecular formula is C24H32FN3O6S. The molecule has 192 valence electrons. The van der Waals surface area contributed by atoms with Gasteiger partial charge in [-0.15, -0.1) is 0 Å². The first-order valence-electron chi connectivity index (χ1n) is 11.0. The van der Waals surface area contributed by atoms with E-state index in [1.54, 1.807) is 0 Å². The number of nitrogens with one attached hydrogen (secondary N) is 3. The Balaban J connectivity index is 2.24. The summed E-state index contributed by atoms with van der Waals surface area (Å²) in [5.41, 5.74) is -0.622. The SMILES string of the molecule is COc1cc(NC(=O)[C@H](CC(C)C)NC(=O)c2ccc(F)cc2)ccc1S(=O)(=O)NC(C)(C)CO. The second-order valence-electron chi connectivity index (χ2n) is 9.16. The number of methoxy groups -OCH3 is 1. The molecule has 2 rings (SSSR count). The smallest absolute Gasteiger partial charge is 0.251 e. The third-order valence-corrected chi connectivity index (χ3v) is 6.70. The summed E-state index contributed by atoms with van der Waals surface area (Å²) in [4.78, 5) is 25.4. The summed E-state index contributed by atoms with van der Waals surface area (Å²) in [6.07, 6.45) is 0.336. The lowest BCUT2D eigenvalue weighted by Gasteiger charge is -2.24. The van der Waals surface area contributed by atoms with E-state index in [1.165, 1.54) is 51.3 Å². The number of hydrogen-bond acceptors (Lipinski definition) is 6. The summed E-state index contributed by atoms with van der Waals surface area (Å²) in [5, 5.41) is 14.7. The number of sulfonamides is 1. The number of benzene rings is 2. The molecule has 0 saturated carbocycles. The minimum absolute atomic E-state index is 0.0141. The molecule has 2 aromatic rings. The number of amides is 2. The molecule has 0 aliphatic heterocycles. The largest absolute Gasteiger partial charge is 0.495 e. The van der Waals surface area contributed by atoms with Crippen LogP contribution >= 0.6 is 0 Å². The van der Waals surface area contributed by atoms with Crippen LogP contribution < -0.4 is 20.1 Å². The van der Waals surface area contributed by atoms with Crippen molar-refractivity contribution in [3.05, 3.63) is 53.8 Å². The molecule has 35 heavy (non-hydrogen) atoms. The molecule has 4 N–H and O–H groups in total. The van der Waals surface area contributed by atoms with Crippen molar-refractivity contribution in [2.75, 3.05) is 19.0 Å². The Morgan fingerprint density at radius 2 is 1.74 bits per heavy atom. The second-order valence-corrected chi connectivity index (χ2v) is 10.8. The highest BCUT2D eigenvalue weighted by atomic mass is 32.2. The fourth-order valence-corrected chi connectivity index (χ4v) is 4.75. The van der Waals surface area contributed by atoms with Crippen molar-refractivity contribution in [1.29, 1.82) is 0 Å². The zero-order chi connectivity index (χ0) is 26.4. The first kappa shape index (κ1) is 28.2. The molecule has 11 heteroatoms. The van der Waals surface area contributed by atoms with Crippen molar-refractivity contribution < 1.29 is 32.2 Å². The predicted octanol–water partition coefficient (Wildman–Crippen LogP) is 2.67. The van der Waals surface area contributed by atoms with Gasteiger partial charge < -0.3 is 20.5 Å². The van der Waals surface area contributed by atoms with E-state index >= 15 is 0 Å². The van der Waals surface area contributed by atoms with E-state index < -0.39 is 45.8 Å². The maximum absolute atomic E-state index is 13.2. The van der Waals surface area contributed by atoms with Crippen LogP contribution in [0.4, 0.5) is 10.1 Å². The van der Waals surface area contributed by atoms with Crippen molar-refractivity contribution in [3.8, 4) is 5.75 Å². The molecule has 0 aromatic heterocycles. The minimum Gasteiger partial charge on any atom is -0.495 e. The van der Waals surface area contributed by atoms with Crippen LogP contribution in [0.15, 0.2) is 47.4 Å². The number of halogens is 1. The van der Waals surface area contributed by atoms with Crippen molar-refractivity contribution in [1.82, 2.24) is 10.0 Å². The standard InChI is InChI=1S/C24H32FN3O6S/c1-15(2)12-19(27-22(30)16-6-8-17(25)9-7-16)23(31)26-18-10-11-21(20(13-18)34-5)35(32,33)28-24(3,4)14-29/h6-11,13,15,19,28-29H,12,14H2,1-5H3,(H,26,31)(H,27,30)/t19-/m0/s1. The van der Waals surface area contributed by atoms with Crippen molar-refractivity contribution in [2.24, 2.45) is 5.92 Å². The molecule has 0 aliphatic rings. The number of carbonyl (C=O) groups excluding carboxylic acids is 2. The molecule has 0 heterocycles. The highest BCUT2D eigenvalue weighted by molar-refractivity contribution is 7.89. The summed E-state index contributed by atoms with van der Waals surface area (Å²) in [7, 11) is -2.74. The van der Waals surface area contributed by atoms with Crippen LogP contribution in [0.5, 0.6) is 5.75 Å². The Morgan fingerprint density at radius 3 is 2.29 bits per heavy atom. The average Bonchev–Trinajstić information content (AvgIpc) is 2.77. The molecule has 0 aliphatic carbocycles. The van der Waals surface area contributed by atoms with E-state index in [2.05, 4.69) is 15.4 Å². The Labute approximate surface area is 205 Å². The fraction of sp³-hybridized carbons (Fsp3) is 0.417. The zero-order valence-corrected chi connectivity index (χ0v) is 21.2. The minimum atomic E-state index is -4.03. The summed E-state index contributed by atoms with van der Waals surface area (Å²) in [6, 6.07) is 8.10. The van der Waals surface area contributed by atoms with Crippen LogP contribution in [-0.2, 0) is 14.8 Å². The van der Waals surface area contributed by atoms with Gasteiger partial charge in [0.15, 0.2) is 0 Å². The van der Waals surface area contributed by atoms with E-state index in [1.807, 2.05) is 13.8 Å². The third-order valence-electron chi connectivity index (χ3n) is 4.96. The van der Waals surface area contributed by atoms with Crippen LogP contribution in [0.25, 0.3) is 0 Å². The van der Waals surface area contributed by atoms with Gasteiger partial charge in [-0.05, 0) is 62.6 Å². The Morgan fingerprint density at radius 1 is 1.11 bits per heavy atom. The number of aliphatic hydroxyl groups excluding tert-OH is 1. The van der Waals surface area contributed by atoms with E-state index in [9.17, 15) is 27.5 Å². The summed E-state index contributed by atoms with van der Waals surface area (Å²) in [5.74, 6) is -1.46. The number of aliphatic hydroxyl groups is 1. The quantitative estimate of drug-likeness (QED) is 0.368. The number of carbonyl (C=O) groups is 2. The molecular weight excluding hydrogens is 477 g/mol. The normalized spacial score (nSPS) is 12.8. The monoisotopic (exact) mass is 509 g/mol. The third kappa shape index (κ3) is 8.01. The highest BCUT2D eigenvalue weighted by Gasteiger charge is 2.29. The van der Waals surface area contributed by atoms with Gasteiger partial charge >= 0.3 is 0 Å². The molecule has 0 fully saturated rings. The van der Waals surface area contributed by atoms with Crippen LogP contribution in [0.2, 0.25) is 0 Å². The molecule has 0 bridgehead atoms.